The molecule has 2 aromatic carbocycles. The highest BCUT2D eigenvalue weighted by Gasteiger charge is 2.19. The number of phenolic OH excluding ortho intramolecular Hbond substituents is 2. The molecular weight excluding hydrogens is 290 g/mol. The summed E-state index contributed by atoms with van der Waals surface area (Å²) in [7, 11) is 1.64. The summed E-state index contributed by atoms with van der Waals surface area (Å²) in [6, 6.07) is 10.5. The molecule has 21 heavy (non-hydrogen) atoms. The highest BCUT2D eigenvalue weighted by Crippen LogP contribution is 2.35. The Kier molecular flexibility index (Phi) is 4.38. The van der Waals surface area contributed by atoms with Gasteiger partial charge in [-0.25, -0.2) is 0 Å². The lowest BCUT2D eigenvalue weighted by molar-refractivity contribution is 0.0782. The third-order valence-electron chi connectivity index (χ3n) is 3.18. The van der Waals surface area contributed by atoms with Crippen LogP contribution in [0.3, 0.4) is 0 Å². The fourth-order valence-electron chi connectivity index (χ4n) is 2.09. The third-order valence-corrected chi connectivity index (χ3v) is 3.55. The average Bonchev–Trinajstić information content (AvgIpc) is 2.44. The van der Waals surface area contributed by atoms with Gasteiger partial charge in [0.1, 0.15) is 10.8 Å². The van der Waals surface area contributed by atoms with Gasteiger partial charge in [-0.15, -0.1) is 0 Å². The average molecular weight is 306 g/mol. The first kappa shape index (κ1) is 15.2. The molecule has 0 fully saturated rings. The van der Waals surface area contributed by atoms with Crippen LogP contribution in [0.15, 0.2) is 36.4 Å². The largest absolute Gasteiger partial charge is 0.506 e. The van der Waals surface area contributed by atoms with Gasteiger partial charge in [0.05, 0.1) is 5.56 Å². The van der Waals surface area contributed by atoms with Crippen molar-refractivity contribution < 1.29 is 15.0 Å². The van der Waals surface area contributed by atoms with Crippen LogP contribution >= 0.6 is 11.6 Å². The van der Waals surface area contributed by atoms with E-state index in [9.17, 15) is 15.0 Å². The number of nitrogens with zero attached hydrogens (tertiary/aromatic N) is 1. The molecule has 2 N–H and O–H groups in total. The molecular formula is C16H16ClNO3. The molecule has 0 heterocycles. The third kappa shape index (κ3) is 3.28. The number of amides is 1. The number of carbonyl (C=O) groups excluding carboxylic acids is 1. The minimum absolute atomic E-state index is 0.0629. The van der Waals surface area contributed by atoms with Gasteiger partial charge in [0.25, 0.3) is 5.91 Å². The van der Waals surface area contributed by atoms with Crippen LogP contribution < -0.4 is 0 Å². The van der Waals surface area contributed by atoms with Crippen molar-refractivity contribution in [1.82, 2.24) is 4.90 Å². The van der Waals surface area contributed by atoms with Crippen LogP contribution in [0.4, 0.5) is 0 Å². The molecule has 2 rings (SSSR count). The molecule has 0 unspecified atom stereocenters. The first-order valence-corrected chi connectivity index (χ1v) is 6.79. The lowest BCUT2D eigenvalue weighted by Gasteiger charge is -2.18. The lowest BCUT2D eigenvalue weighted by Crippen LogP contribution is -2.26. The standard InChI is InChI=1S/C16H16ClNO3/c1-10-4-3-5-11(8-10)9-18(2)16(21)12-6-7-13(19)14(17)15(12)20/h3-8,19-20H,9H2,1-2H3. The van der Waals surface area contributed by atoms with Gasteiger partial charge in [0.2, 0.25) is 0 Å². The van der Waals surface area contributed by atoms with Crippen LogP contribution in [-0.4, -0.2) is 28.1 Å². The Labute approximate surface area is 128 Å². The number of halogens is 1. The van der Waals surface area contributed by atoms with Crippen LogP contribution in [-0.2, 0) is 6.54 Å². The number of aryl methyl sites for hydroxylation is 1. The summed E-state index contributed by atoms with van der Waals surface area (Å²) in [5, 5.41) is 19.0. The van der Waals surface area contributed by atoms with Crippen molar-refractivity contribution in [3.63, 3.8) is 0 Å². The molecule has 0 radical (unpaired) electrons. The number of benzene rings is 2. The van der Waals surface area contributed by atoms with E-state index < -0.39 is 5.75 Å². The molecule has 1 amide bonds. The zero-order valence-corrected chi connectivity index (χ0v) is 12.6. The zero-order chi connectivity index (χ0) is 15.6. The van der Waals surface area contributed by atoms with Gasteiger partial charge >= 0.3 is 0 Å². The number of hydrogen-bond acceptors (Lipinski definition) is 3. The Hall–Kier alpha value is -2.20. The molecule has 0 aliphatic rings. The van der Waals surface area contributed by atoms with Crippen LogP contribution in [0.25, 0.3) is 0 Å². The minimum atomic E-state index is -0.405. The van der Waals surface area contributed by atoms with Gasteiger partial charge in [-0.3, -0.25) is 4.79 Å². The Morgan fingerprint density at radius 2 is 1.95 bits per heavy atom. The lowest BCUT2D eigenvalue weighted by atomic mass is 10.1. The molecule has 0 spiro atoms. The summed E-state index contributed by atoms with van der Waals surface area (Å²) in [5.41, 5.74) is 2.17. The molecule has 4 nitrogen and oxygen atoms in total. The first-order chi connectivity index (χ1) is 9.90. The second-order valence-corrected chi connectivity index (χ2v) is 5.32. The quantitative estimate of drug-likeness (QED) is 0.914. The molecule has 0 saturated heterocycles. The predicted molar refractivity (Wildman–Crippen MR) is 81.8 cm³/mol. The van der Waals surface area contributed by atoms with Gasteiger partial charge in [-0.05, 0) is 24.6 Å². The van der Waals surface area contributed by atoms with Crippen molar-refractivity contribution in [2.24, 2.45) is 0 Å². The van der Waals surface area contributed by atoms with Crippen molar-refractivity contribution >= 4 is 17.5 Å². The van der Waals surface area contributed by atoms with E-state index in [1.165, 1.54) is 17.0 Å². The monoisotopic (exact) mass is 305 g/mol. The van der Waals surface area contributed by atoms with E-state index in [2.05, 4.69) is 0 Å². The molecule has 110 valence electrons. The first-order valence-electron chi connectivity index (χ1n) is 6.41. The molecule has 0 aromatic heterocycles. The SMILES string of the molecule is Cc1cccc(CN(C)C(=O)c2ccc(O)c(Cl)c2O)c1. The molecule has 0 saturated carbocycles. The summed E-state index contributed by atoms with van der Waals surface area (Å²) in [4.78, 5) is 13.8. The van der Waals surface area contributed by atoms with Crippen molar-refractivity contribution in [2.75, 3.05) is 7.05 Å². The van der Waals surface area contributed by atoms with Crippen molar-refractivity contribution in [2.45, 2.75) is 13.5 Å². The summed E-state index contributed by atoms with van der Waals surface area (Å²) in [5.74, 6) is -1.03. The Bertz CT molecular complexity index is 685. The maximum atomic E-state index is 12.3. The second-order valence-electron chi connectivity index (χ2n) is 4.95. The molecule has 0 bridgehead atoms. The second kappa shape index (κ2) is 6.06. The maximum Gasteiger partial charge on any atom is 0.257 e. The van der Waals surface area contributed by atoms with Crippen LogP contribution in [0.2, 0.25) is 5.02 Å². The molecule has 5 heteroatoms. The van der Waals surface area contributed by atoms with E-state index in [0.717, 1.165) is 11.1 Å². The van der Waals surface area contributed by atoms with E-state index in [1.807, 2.05) is 31.2 Å². The van der Waals surface area contributed by atoms with E-state index in [1.54, 1.807) is 7.05 Å². The molecule has 0 atom stereocenters. The van der Waals surface area contributed by atoms with Crippen LogP contribution in [0.1, 0.15) is 21.5 Å². The summed E-state index contributed by atoms with van der Waals surface area (Å²) >= 11 is 5.74. The highest BCUT2D eigenvalue weighted by molar-refractivity contribution is 6.34. The fraction of sp³-hybridized carbons (Fsp3) is 0.188. The Balaban J connectivity index is 2.22. The van der Waals surface area contributed by atoms with Crippen LogP contribution in [0, 0.1) is 6.92 Å². The Morgan fingerprint density at radius 1 is 1.24 bits per heavy atom. The van der Waals surface area contributed by atoms with Crippen molar-refractivity contribution in [1.29, 1.82) is 0 Å². The zero-order valence-electron chi connectivity index (χ0n) is 11.8. The molecule has 0 aliphatic heterocycles. The topological polar surface area (TPSA) is 60.8 Å². The van der Waals surface area contributed by atoms with E-state index in [-0.39, 0.29) is 22.2 Å². The summed E-state index contributed by atoms with van der Waals surface area (Å²) in [6.45, 7) is 2.40. The predicted octanol–water partition coefficient (Wildman–Crippen LogP) is 3.33. The maximum absolute atomic E-state index is 12.3. The van der Waals surface area contributed by atoms with Gasteiger partial charge in [-0.2, -0.15) is 0 Å². The molecule has 2 aromatic rings. The number of aromatic hydroxyl groups is 2. The summed E-state index contributed by atoms with van der Waals surface area (Å²) in [6.07, 6.45) is 0. The van der Waals surface area contributed by atoms with Crippen molar-refractivity contribution in [3.05, 3.63) is 58.1 Å². The fourth-order valence-corrected chi connectivity index (χ4v) is 2.25. The number of hydrogen-bond donors (Lipinski definition) is 2. The van der Waals surface area contributed by atoms with E-state index in [0.29, 0.717) is 6.54 Å². The van der Waals surface area contributed by atoms with Gasteiger partial charge in [0.15, 0.2) is 5.75 Å². The van der Waals surface area contributed by atoms with Crippen molar-refractivity contribution in [3.8, 4) is 11.5 Å². The van der Waals surface area contributed by atoms with Gasteiger partial charge in [0, 0.05) is 13.6 Å². The smallest absolute Gasteiger partial charge is 0.257 e. The highest BCUT2D eigenvalue weighted by atomic mass is 35.5. The normalized spacial score (nSPS) is 10.4. The summed E-state index contributed by atoms with van der Waals surface area (Å²) < 4.78 is 0. The number of rotatable bonds is 3. The van der Waals surface area contributed by atoms with Crippen LogP contribution in [0.5, 0.6) is 11.5 Å². The Morgan fingerprint density at radius 3 is 2.62 bits per heavy atom. The van der Waals surface area contributed by atoms with Gasteiger partial charge < -0.3 is 15.1 Å². The van der Waals surface area contributed by atoms with E-state index >= 15 is 0 Å². The molecule has 0 aliphatic carbocycles. The minimum Gasteiger partial charge on any atom is -0.506 e. The number of phenols is 2. The van der Waals surface area contributed by atoms with Gasteiger partial charge in [-0.1, -0.05) is 41.4 Å². The van der Waals surface area contributed by atoms with E-state index in [4.69, 9.17) is 11.6 Å². The number of carbonyl (C=O) groups is 1.